The van der Waals surface area contributed by atoms with Gasteiger partial charge in [-0.2, -0.15) is 5.26 Å². The van der Waals surface area contributed by atoms with Crippen molar-refractivity contribution < 1.29 is 4.92 Å². The Bertz CT molecular complexity index is 678. The van der Waals surface area contributed by atoms with Crippen LogP contribution in [0, 0.1) is 21.4 Å². The van der Waals surface area contributed by atoms with Gasteiger partial charge in [-0.25, -0.2) is 4.98 Å². The van der Waals surface area contributed by atoms with Crippen LogP contribution in [0.5, 0.6) is 0 Å². The van der Waals surface area contributed by atoms with Crippen LogP contribution in [0.2, 0.25) is 0 Å². The molecule has 19 heavy (non-hydrogen) atoms. The van der Waals surface area contributed by atoms with E-state index in [1.54, 1.807) is 24.3 Å². The van der Waals surface area contributed by atoms with Gasteiger partial charge in [-0.15, -0.1) is 0 Å². The predicted octanol–water partition coefficient (Wildman–Crippen LogP) is 2.19. The molecule has 0 radical (unpaired) electrons. The topological polar surface area (TPSA) is 118 Å². The largest absolute Gasteiger partial charge is 0.384 e. The normalized spacial score (nSPS) is 9.63. The van der Waals surface area contributed by atoms with Crippen molar-refractivity contribution in [1.82, 2.24) is 4.98 Å². The van der Waals surface area contributed by atoms with Crippen LogP contribution in [0.4, 0.5) is 23.0 Å². The first kappa shape index (κ1) is 12.3. The van der Waals surface area contributed by atoms with Crippen molar-refractivity contribution in [3.05, 3.63) is 52.1 Å². The maximum Gasteiger partial charge on any atom is 0.311 e. The fourth-order valence-electron chi connectivity index (χ4n) is 1.51. The second-order valence-electron chi connectivity index (χ2n) is 3.68. The van der Waals surface area contributed by atoms with Gasteiger partial charge in [0.05, 0.1) is 16.6 Å². The van der Waals surface area contributed by atoms with Gasteiger partial charge in [0.25, 0.3) is 0 Å². The zero-order valence-electron chi connectivity index (χ0n) is 9.70. The van der Waals surface area contributed by atoms with Gasteiger partial charge >= 0.3 is 5.69 Å². The van der Waals surface area contributed by atoms with Gasteiger partial charge < -0.3 is 11.1 Å². The highest BCUT2D eigenvalue weighted by Gasteiger charge is 2.15. The van der Waals surface area contributed by atoms with E-state index in [0.717, 1.165) is 0 Å². The minimum atomic E-state index is -0.553. The van der Waals surface area contributed by atoms with Crippen LogP contribution in [0.25, 0.3) is 0 Å². The number of nitro groups is 1. The monoisotopic (exact) mass is 255 g/mol. The molecule has 0 amide bonds. The molecular weight excluding hydrogens is 246 g/mol. The summed E-state index contributed by atoms with van der Waals surface area (Å²) >= 11 is 0. The summed E-state index contributed by atoms with van der Waals surface area (Å²) in [4.78, 5) is 14.2. The standard InChI is InChI=1S/C12H9N5O2/c13-7-8-2-1-3-9(6-8)15-12-10(17(18)19)4-5-11(14)16-12/h1-6H,(H3,14,15,16). The van der Waals surface area contributed by atoms with Crippen LogP contribution < -0.4 is 11.1 Å². The molecule has 0 aliphatic heterocycles. The average Bonchev–Trinajstić information content (AvgIpc) is 2.38. The van der Waals surface area contributed by atoms with Crippen molar-refractivity contribution in [2.75, 3.05) is 11.1 Å². The van der Waals surface area contributed by atoms with Crippen LogP contribution in [0.15, 0.2) is 36.4 Å². The Morgan fingerprint density at radius 2 is 2.16 bits per heavy atom. The van der Waals surface area contributed by atoms with E-state index in [0.29, 0.717) is 11.3 Å². The molecule has 1 heterocycles. The first-order chi connectivity index (χ1) is 9.10. The highest BCUT2D eigenvalue weighted by molar-refractivity contribution is 5.68. The summed E-state index contributed by atoms with van der Waals surface area (Å²) in [6.07, 6.45) is 0. The Hall–Kier alpha value is -3.14. The quantitative estimate of drug-likeness (QED) is 0.641. The summed E-state index contributed by atoms with van der Waals surface area (Å²) in [6, 6.07) is 11.2. The minimum absolute atomic E-state index is 0.0417. The fourth-order valence-corrected chi connectivity index (χ4v) is 1.51. The zero-order chi connectivity index (χ0) is 13.8. The second kappa shape index (κ2) is 5.01. The molecule has 1 aromatic heterocycles. The van der Waals surface area contributed by atoms with Crippen LogP contribution in [0.1, 0.15) is 5.56 Å². The molecule has 0 aliphatic carbocycles. The van der Waals surface area contributed by atoms with Gasteiger partial charge in [0.2, 0.25) is 5.82 Å². The lowest BCUT2D eigenvalue weighted by molar-refractivity contribution is -0.384. The van der Waals surface area contributed by atoms with Crippen molar-refractivity contribution >= 4 is 23.0 Å². The van der Waals surface area contributed by atoms with Crippen molar-refractivity contribution in [3.63, 3.8) is 0 Å². The summed E-state index contributed by atoms with van der Waals surface area (Å²) in [5.74, 6) is 0.213. The molecule has 0 bridgehead atoms. The number of benzene rings is 1. The van der Waals surface area contributed by atoms with Gasteiger partial charge in [0, 0.05) is 11.8 Å². The highest BCUT2D eigenvalue weighted by atomic mass is 16.6. The molecule has 7 heteroatoms. The molecule has 0 unspecified atom stereocenters. The number of nitrogens with two attached hydrogens (primary N) is 1. The number of nitriles is 1. The van der Waals surface area contributed by atoms with E-state index in [1.165, 1.54) is 12.1 Å². The third kappa shape index (κ3) is 2.76. The molecule has 2 aromatic rings. The van der Waals surface area contributed by atoms with Crippen molar-refractivity contribution in [1.29, 1.82) is 5.26 Å². The molecule has 2 rings (SSSR count). The van der Waals surface area contributed by atoms with E-state index < -0.39 is 4.92 Å². The van der Waals surface area contributed by atoms with Gasteiger partial charge in [-0.3, -0.25) is 10.1 Å². The summed E-state index contributed by atoms with van der Waals surface area (Å²) in [5, 5.41) is 22.5. The maximum absolute atomic E-state index is 10.9. The van der Waals surface area contributed by atoms with Gasteiger partial charge in [-0.05, 0) is 24.3 Å². The smallest absolute Gasteiger partial charge is 0.311 e. The Balaban J connectivity index is 2.40. The number of anilines is 3. The Kier molecular flexibility index (Phi) is 3.25. The van der Waals surface area contributed by atoms with Crippen molar-refractivity contribution in [2.24, 2.45) is 0 Å². The number of pyridine rings is 1. The Morgan fingerprint density at radius 1 is 1.37 bits per heavy atom. The third-order valence-electron chi connectivity index (χ3n) is 2.35. The number of nitrogens with zero attached hydrogens (tertiary/aromatic N) is 3. The Labute approximate surface area is 108 Å². The highest BCUT2D eigenvalue weighted by Crippen LogP contribution is 2.26. The molecule has 0 atom stereocenters. The summed E-state index contributed by atoms with van der Waals surface area (Å²) in [6.45, 7) is 0. The van der Waals surface area contributed by atoms with Gasteiger partial charge in [0.15, 0.2) is 0 Å². The molecule has 0 spiro atoms. The molecule has 0 saturated heterocycles. The molecule has 7 nitrogen and oxygen atoms in total. The molecule has 3 N–H and O–H groups in total. The number of hydrogen-bond acceptors (Lipinski definition) is 6. The number of nitrogens with one attached hydrogen (secondary N) is 1. The lowest BCUT2D eigenvalue weighted by Crippen LogP contribution is -2.02. The van der Waals surface area contributed by atoms with Crippen LogP contribution in [-0.4, -0.2) is 9.91 Å². The third-order valence-corrected chi connectivity index (χ3v) is 2.35. The first-order valence-corrected chi connectivity index (χ1v) is 5.28. The van der Waals surface area contributed by atoms with Crippen molar-refractivity contribution in [3.8, 4) is 6.07 Å². The maximum atomic E-state index is 10.9. The van der Waals surface area contributed by atoms with Crippen LogP contribution in [0.3, 0.4) is 0 Å². The van der Waals surface area contributed by atoms with E-state index in [1.807, 2.05) is 6.07 Å². The predicted molar refractivity (Wildman–Crippen MR) is 69.7 cm³/mol. The SMILES string of the molecule is N#Cc1cccc(Nc2nc(N)ccc2[N+](=O)[O-])c1. The van der Waals surface area contributed by atoms with E-state index in [4.69, 9.17) is 11.0 Å². The molecule has 94 valence electrons. The van der Waals surface area contributed by atoms with E-state index in [-0.39, 0.29) is 17.3 Å². The van der Waals surface area contributed by atoms with E-state index in [2.05, 4.69) is 10.3 Å². The second-order valence-corrected chi connectivity index (χ2v) is 3.68. The lowest BCUT2D eigenvalue weighted by Gasteiger charge is -2.06. The number of nitrogen functional groups attached to an aromatic ring is 1. The number of hydrogen-bond donors (Lipinski definition) is 2. The van der Waals surface area contributed by atoms with Gasteiger partial charge in [-0.1, -0.05) is 6.07 Å². The molecule has 0 aliphatic rings. The van der Waals surface area contributed by atoms with E-state index >= 15 is 0 Å². The molecule has 1 aromatic carbocycles. The summed E-state index contributed by atoms with van der Waals surface area (Å²) in [5.41, 5.74) is 6.30. The summed E-state index contributed by atoms with van der Waals surface area (Å²) in [7, 11) is 0. The summed E-state index contributed by atoms with van der Waals surface area (Å²) < 4.78 is 0. The van der Waals surface area contributed by atoms with Crippen LogP contribution in [-0.2, 0) is 0 Å². The fraction of sp³-hybridized carbons (Fsp3) is 0. The minimum Gasteiger partial charge on any atom is -0.384 e. The Morgan fingerprint density at radius 3 is 2.84 bits per heavy atom. The van der Waals surface area contributed by atoms with Crippen LogP contribution >= 0.6 is 0 Å². The lowest BCUT2D eigenvalue weighted by atomic mass is 10.2. The number of aromatic nitrogens is 1. The zero-order valence-corrected chi connectivity index (χ0v) is 9.70. The van der Waals surface area contributed by atoms with Gasteiger partial charge in [0.1, 0.15) is 5.82 Å². The van der Waals surface area contributed by atoms with Crippen molar-refractivity contribution in [2.45, 2.75) is 0 Å². The first-order valence-electron chi connectivity index (χ1n) is 5.28. The van der Waals surface area contributed by atoms with E-state index in [9.17, 15) is 10.1 Å². The molecule has 0 fully saturated rings. The number of rotatable bonds is 3. The molecular formula is C12H9N5O2. The average molecular weight is 255 g/mol. The molecule has 0 saturated carbocycles.